The van der Waals surface area contributed by atoms with Crippen LogP contribution in [0.1, 0.15) is 26.7 Å². The molecule has 0 radical (unpaired) electrons. The Morgan fingerprint density at radius 1 is 1.13 bits per heavy atom. The first kappa shape index (κ1) is 17.8. The van der Waals surface area contributed by atoms with E-state index in [1.54, 1.807) is 6.20 Å². The average Bonchev–Trinajstić information content (AvgIpc) is 3.00. The average molecular weight is 322 g/mol. The molecule has 0 aromatic carbocycles. The number of rotatable bonds is 5. The van der Waals surface area contributed by atoms with Crippen molar-refractivity contribution in [2.45, 2.75) is 12.5 Å². The van der Waals surface area contributed by atoms with Gasteiger partial charge in [0, 0.05) is 18.3 Å². The van der Waals surface area contributed by atoms with Crippen molar-refractivity contribution in [3.8, 4) is 0 Å². The van der Waals surface area contributed by atoms with Crippen molar-refractivity contribution in [2.75, 3.05) is 0 Å². The molecule has 0 bridgehead atoms. The third kappa shape index (κ3) is 5.93. The normalized spacial score (nSPS) is 11.0. The molecule has 2 aromatic rings. The van der Waals surface area contributed by atoms with E-state index in [1.807, 2.05) is 0 Å². The summed E-state index contributed by atoms with van der Waals surface area (Å²) in [4.78, 5) is 40.8. The molecule has 0 fully saturated rings. The van der Waals surface area contributed by atoms with Gasteiger partial charge in [0.05, 0.1) is 6.33 Å². The second-order valence-electron chi connectivity index (χ2n) is 4.24. The first-order valence-corrected chi connectivity index (χ1v) is 6.20. The number of carboxylic acid groups (broad SMARTS) is 3. The van der Waals surface area contributed by atoms with Crippen LogP contribution in [-0.4, -0.2) is 54.2 Å². The molecule has 122 valence electrons. The number of H-pyrrole nitrogens is 1. The topological polar surface area (TPSA) is 179 Å². The number of aliphatic carboxylic acids is 1. The minimum atomic E-state index is -1.24. The molecule has 0 aliphatic heterocycles. The zero-order valence-corrected chi connectivity index (χ0v) is 11.7. The van der Waals surface area contributed by atoms with Crippen molar-refractivity contribution in [1.29, 1.82) is 0 Å². The van der Waals surface area contributed by atoms with Crippen LogP contribution in [0.5, 0.6) is 0 Å². The summed E-state index contributed by atoms with van der Waals surface area (Å²) in [6.07, 6.45) is 3.34. The second kappa shape index (κ2) is 8.24. The summed E-state index contributed by atoms with van der Waals surface area (Å²) in [5, 5.41) is 25.3. The third-order valence-corrected chi connectivity index (χ3v) is 2.50. The molecular formula is C13H14N4O6. The number of nitrogens with zero attached hydrogens (tertiary/aromatic N) is 2. The number of nitrogens with two attached hydrogens (primary N) is 1. The smallest absolute Gasteiger partial charge is 0.354 e. The summed E-state index contributed by atoms with van der Waals surface area (Å²) < 4.78 is 0. The Morgan fingerprint density at radius 3 is 2.09 bits per heavy atom. The fourth-order valence-electron chi connectivity index (χ4n) is 1.39. The molecule has 23 heavy (non-hydrogen) atoms. The standard InChI is InChI=1S/C7H5NO4.C6H9N3O2/c9-6(10)4-2-1-3-5(8-4)7(11)12;7-5(6(10)11)1-4-2-8-3-9-4/h1-3H,(H,9,10)(H,11,12);2-3,5H,1,7H2,(H,8,9)(H,10,11)/t;5-/m.0/s1. The molecule has 6 N–H and O–H groups in total. The van der Waals surface area contributed by atoms with Crippen LogP contribution in [0.25, 0.3) is 0 Å². The summed E-state index contributed by atoms with van der Waals surface area (Å²) in [6.45, 7) is 0. The lowest BCUT2D eigenvalue weighted by Gasteiger charge is -2.02. The van der Waals surface area contributed by atoms with Crippen LogP contribution in [0.4, 0.5) is 0 Å². The minimum absolute atomic E-state index is 0.269. The van der Waals surface area contributed by atoms with Crippen molar-refractivity contribution >= 4 is 17.9 Å². The monoisotopic (exact) mass is 322 g/mol. The number of aromatic nitrogens is 3. The Kier molecular flexibility index (Phi) is 6.37. The van der Waals surface area contributed by atoms with Gasteiger partial charge in [0.2, 0.25) is 0 Å². The summed E-state index contributed by atoms with van der Waals surface area (Å²) in [6, 6.07) is 2.94. The molecule has 0 aliphatic rings. The highest BCUT2D eigenvalue weighted by atomic mass is 16.4. The van der Waals surface area contributed by atoms with Gasteiger partial charge in [-0.05, 0) is 12.1 Å². The van der Waals surface area contributed by atoms with E-state index in [4.69, 9.17) is 21.1 Å². The number of hydrogen-bond acceptors (Lipinski definition) is 6. The lowest BCUT2D eigenvalue weighted by molar-refractivity contribution is -0.138. The third-order valence-electron chi connectivity index (χ3n) is 2.50. The van der Waals surface area contributed by atoms with E-state index in [0.29, 0.717) is 0 Å². The largest absolute Gasteiger partial charge is 0.480 e. The van der Waals surface area contributed by atoms with Crippen molar-refractivity contribution in [3.63, 3.8) is 0 Å². The molecule has 0 saturated heterocycles. The second-order valence-corrected chi connectivity index (χ2v) is 4.24. The summed E-state index contributed by atoms with van der Waals surface area (Å²) >= 11 is 0. The molecule has 0 amide bonds. The van der Waals surface area contributed by atoms with Crippen molar-refractivity contribution in [2.24, 2.45) is 5.73 Å². The van der Waals surface area contributed by atoms with E-state index < -0.39 is 23.9 Å². The Bertz CT molecular complexity index is 656. The Balaban J connectivity index is 0.000000231. The maximum Gasteiger partial charge on any atom is 0.354 e. The van der Waals surface area contributed by atoms with Crippen LogP contribution >= 0.6 is 0 Å². The van der Waals surface area contributed by atoms with Gasteiger partial charge in [-0.15, -0.1) is 0 Å². The number of imidazole rings is 1. The Labute approximate surface area is 129 Å². The predicted molar refractivity (Wildman–Crippen MR) is 76.1 cm³/mol. The fourth-order valence-corrected chi connectivity index (χ4v) is 1.39. The van der Waals surface area contributed by atoms with Crippen LogP contribution in [0.2, 0.25) is 0 Å². The number of aromatic amines is 1. The molecule has 10 nitrogen and oxygen atoms in total. The van der Waals surface area contributed by atoms with Gasteiger partial charge < -0.3 is 26.0 Å². The molecule has 0 aliphatic carbocycles. The molecule has 2 heterocycles. The molecule has 10 heteroatoms. The molecule has 0 unspecified atom stereocenters. The predicted octanol–water partition coefficient (Wildman–Crippen LogP) is -0.158. The maximum atomic E-state index is 10.3. The Hall–Kier alpha value is -3.27. The van der Waals surface area contributed by atoms with Crippen LogP contribution in [-0.2, 0) is 11.2 Å². The zero-order valence-electron chi connectivity index (χ0n) is 11.7. The van der Waals surface area contributed by atoms with Crippen LogP contribution < -0.4 is 5.73 Å². The lowest BCUT2D eigenvalue weighted by Crippen LogP contribution is -2.32. The molecule has 0 spiro atoms. The maximum absolute atomic E-state index is 10.3. The molecule has 2 aromatic heterocycles. The number of carbonyl (C=O) groups is 3. The Morgan fingerprint density at radius 2 is 1.70 bits per heavy atom. The van der Waals surface area contributed by atoms with Crippen LogP contribution in [0, 0.1) is 0 Å². The van der Waals surface area contributed by atoms with E-state index in [0.717, 1.165) is 5.69 Å². The highest BCUT2D eigenvalue weighted by Gasteiger charge is 2.12. The number of nitrogens with one attached hydrogen (secondary N) is 1. The SMILES string of the molecule is N[C@@H](Cc1cnc[nH]1)C(=O)O.O=C(O)c1cccc(C(=O)O)n1. The molecule has 2 rings (SSSR count). The molecule has 0 saturated carbocycles. The van der Waals surface area contributed by atoms with Gasteiger partial charge in [-0.2, -0.15) is 0 Å². The van der Waals surface area contributed by atoms with E-state index in [-0.39, 0.29) is 17.8 Å². The van der Waals surface area contributed by atoms with E-state index >= 15 is 0 Å². The summed E-state index contributed by atoms with van der Waals surface area (Å²) in [5.74, 6) is -3.48. The van der Waals surface area contributed by atoms with E-state index in [2.05, 4.69) is 15.0 Å². The highest BCUT2D eigenvalue weighted by Crippen LogP contribution is 1.99. The first-order valence-electron chi connectivity index (χ1n) is 6.20. The fraction of sp³-hybridized carbons (Fsp3) is 0.154. The van der Waals surface area contributed by atoms with Crippen molar-refractivity contribution in [3.05, 3.63) is 47.8 Å². The number of pyridine rings is 1. The molecular weight excluding hydrogens is 308 g/mol. The lowest BCUT2D eigenvalue weighted by atomic mass is 10.2. The number of aromatic carboxylic acids is 2. The first-order chi connectivity index (χ1) is 10.8. The van der Waals surface area contributed by atoms with Gasteiger partial charge in [0.15, 0.2) is 0 Å². The zero-order chi connectivity index (χ0) is 17.4. The summed E-state index contributed by atoms with van der Waals surface area (Å²) in [7, 11) is 0. The van der Waals surface area contributed by atoms with E-state index in [9.17, 15) is 14.4 Å². The quantitative estimate of drug-likeness (QED) is 0.499. The van der Waals surface area contributed by atoms with Gasteiger partial charge in [-0.1, -0.05) is 6.07 Å². The van der Waals surface area contributed by atoms with Crippen molar-refractivity contribution in [1.82, 2.24) is 15.0 Å². The summed E-state index contributed by atoms with van der Waals surface area (Å²) in [5.41, 5.74) is 5.46. The van der Waals surface area contributed by atoms with Gasteiger partial charge in [0.1, 0.15) is 17.4 Å². The number of carboxylic acids is 3. The molecule has 1 atom stereocenters. The van der Waals surface area contributed by atoms with Gasteiger partial charge in [-0.25, -0.2) is 19.6 Å². The van der Waals surface area contributed by atoms with E-state index in [1.165, 1.54) is 24.5 Å². The van der Waals surface area contributed by atoms with Gasteiger partial charge in [0.25, 0.3) is 0 Å². The van der Waals surface area contributed by atoms with Crippen LogP contribution in [0.15, 0.2) is 30.7 Å². The van der Waals surface area contributed by atoms with Crippen molar-refractivity contribution < 1.29 is 29.7 Å². The van der Waals surface area contributed by atoms with Gasteiger partial charge >= 0.3 is 17.9 Å². The minimum Gasteiger partial charge on any atom is -0.480 e. The number of hydrogen-bond donors (Lipinski definition) is 5. The van der Waals surface area contributed by atoms with Crippen LogP contribution in [0.3, 0.4) is 0 Å². The van der Waals surface area contributed by atoms with Gasteiger partial charge in [-0.3, -0.25) is 4.79 Å². The highest BCUT2D eigenvalue weighted by molar-refractivity contribution is 5.89.